The Kier molecular flexibility index (Phi) is 6.01. The Bertz CT molecular complexity index is 1540. The lowest BCUT2D eigenvalue weighted by atomic mass is 10.2. The van der Waals surface area contributed by atoms with Crippen LogP contribution in [0.15, 0.2) is 52.4 Å². The van der Waals surface area contributed by atoms with Crippen molar-refractivity contribution in [2.45, 2.75) is 44.1 Å². The number of tetrazole rings is 1. The van der Waals surface area contributed by atoms with E-state index in [1.54, 1.807) is 11.7 Å². The number of aryl methyl sites for hydroxylation is 2. The molecule has 5 aromatic rings. The number of para-hydroxylation sites is 1. The van der Waals surface area contributed by atoms with Crippen molar-refractivity contribution < 1.29 is 4.74 Å². The van der Waals surface area contributed by atoms with Gasteiger partial charge in [0.1, 0.15) is 5.75 Å². The summed E-state index contributed by atoms with van der Waals surface area (Å²) in [6.07, 6.45) is 2.07. The number of benzene rings is 2. The smallest absolute Gasteiger partial charge is 0.267 e. The summed E-state index contributed by atoms with van der Waals surface area (Å²) in [5.74, 6) is 2.30. The highest BCUT2D eigenvalue weighted by molar-refractivity contribution is 7.98. The van der Waals surface area contributed by atoms with Gasteiger partial charge in [-0.15, -0.1) is 15.3 Å². The zero-order chi connectivity index (χ0) is 23.7. The number of fused-ring (bicyclic) bond motifs is 3. The number of nitrogens with zero attached hydrogens (tertiary/aromatic N) is 8. The zero-order valence-corrected chi connectivity index (χ0v) is 20.0. The molecule has 0 aliphatic carbocycles. The van der Waals surface area contributed by atoms with E-state index in [4.69, 9.17) is 4.74 Å². The molecule has 11 heteroatoms. The number of ether oxygens (including phenoxy) is 1. The van der Waals surface area contributed by atoms with Crippen molar-refractivity contribution in [1.29, 1.82) is 0 Å². The third kappa shape index (κ3) is 3.81. The molecule has 5 rings (SSSR count). The first-order valence-corrected chi connectivity index (χ1v) is 12.0. The number of hydrogen-bond donors (Lipinski definition) is 0. The van der Waals surface area contributed by atoms with Gasteiger partial charge in [-0.2, -0.15) is 0 Å². The maximum atomic E-state index is 13.6. The van der Waals surface area contributed by atoms with E-state index in [1.807, 2.05) is 58.5 Å². The lowest BCUT2D eigenvalue weighted by Gasteiger charge is -2.14. The molecule has 0 N–H and O–H groups in total. The monoisotopic (exact) mass is 476 g/mol. The molecule has 0 saturated heterocycles. The normalized spacial score (nSPS) is 11.5. The van der Waals surface area contributed by atoms with Gasteiger partial charge < -0.3 is 4.74 Å². The van der Waals surface area contributed by atoms with Crippen LogP contribution in [-0.2, 0) is 12.3 Å². The van der Waals surface area contributed by atoms with E-state index in [-0.39, 0.29) is 5.56 Å². The van der Waals surface area contributed by atoms with Crippen molar-refractivity contribution in [1.82, 2.24) is 39.4 Å². The third-order valence-electron chi connectivity index (χ3n) is 5.63. The Labute approximate surface area is 199 Å². The highest BCUT2D eigenvalue weighted by Gasteiger charge is 2.20. The molecule has 0 fully saturated rings. The number of aromatic nitrogens is 8. The fourth-order valence-electron chi connectivity index (χ4n) is 3.90. The summed E-state index contributed by atoms with van der Waals surface area (Å²) in [4.78, 5) is 13.6. The molecule has 0 amide bonds. The molecule has 3 heterocycles. The van der Waals surface area contributed by atoms with Gasteiger partial charge >= 0.3 is 0 Å². The molecule has 0 radical (unpaired) electrons. The second kappa shape index (κ2) is 9.26. The van der Waals surface area contributed by atoms with Crippen molar-refractivity contribution in [3.05, 3.63) is 64.2 Å². The third-order valence-corrected chi connectivity index (χ3v) is 6.55. The Morgan fingerprint density at radius 2 is 1.94 bits per heavy atom. The molecular formula is C23H24N8O2S. The molecule has 0 saturated carbocycles. The summed E-state index contributed by atoms with van der Waals surface area (Å²) < 4.78 is 10.9. The molecule has 0 spiro atoms. The van der Waals surface area contributed by atoms with Crippen LogP contribution in [0.2, 0.25) is 0 Å². The lowest BCUT2D eigenvalue weighted by Crippen LogP contribution is -2.22. The molecule has 0 aliphatic rings. The predicted molar refractivity (Wildman–Crippen MR) is 130 cm³/mol. The largest absolute Gasteiger partial charge is 0.495 e. The van der Waals surface area contributed by atoms with Crippen molar-refractivity contribution in [3.8, 4) is 11.4 Å². The van der Waals surface area contributed by atoms with E-state index in [0.29, 0.717) is 33.5 Å². The van der Waals surface area contributed by atoms with E-state index in [1.165, 1.54) is 11.8 Å². The predicted octanol–water partition coefficient (Wildman–Crippen LogP) is 3.43. The topological polar surface area (TPSA) is 105 Å². The Hall–Kier alpha value is -3.73. The number of methoxy groups -OCH3 is 1. The SMILES string of the molecule is CCCCn1nnnc1CSc1nnc2n(-c3cc(C)ccc3OC)c(=O)c3ccccc3n12. The maximum absolute atomic E-state index is 13.6. The van der Waals surface area contributed by atoms with Gasteiger partial charge in [0.2, 0.25) is 5.78 Å². The van der Waals surface area contributed by atoms with Crippen LogP contribution < -0.4 is 10.3 Å². The molecule has 2 aromatic carbocycles. The molecular weight excluding hydrogens is 452 g/mol. The number of hydrogen-bond acceptors (Lipinski definition) is 8. The first kappa shape index (κ1) is 22.1. The average Bonchev–Trinajstić information content (AvgIpc) is 3.48. The molecule has 10 nitrogen and oxygen atoms in total. The minimum absolute atomic E-state index is 0.181. The van der Waals surface area contributed by atoms with Crippen LogP contribution in [0.1, 0.15) is 31.2 Å². The van der Waals surface area contributed by atoms with Gasteiger partial charge in [-0.05, 0) is 53.6 Å². The van der Waals surface area contributed by atoms with Gasteiger partial charge in [0, 0.05) is 6.54 Å². The fourth-order valence-corrected chi connectivity index (χ4v) is 4.77. The van der Waals surface area contributed by atoms with Crippen LogP contribution >= 0.6 is 11.8 Å². The standard InChI is InChI=1S/C23H24N8O2S/c1-4-5-12-29-20(24-27-28-29)14-34-23-26-25-22-30(18-13-15(2)10-11-19(18)33-3)21(32)16-8-6-7-9-17(16)31(22)23/h6-11,13H,4-5,12,14H2,1-3H3. The summed E-state index contributed by atoms with van der Waals surface area (Å²) in [5, 5.41) is 22.2. The van der Waals surface area contributed by atoms with Crippen LogP contribution in [-0.4, -0.2) is 46.5 Å². The van der Waals surface area contributed by atoms with Crippen LogP contribution in [0.5, 0.6) is 5.75 Å². The number of unbranched alkanes of at least 4 members (excludes halogenated alkanes) is 1. The lowest BCUT2D eigenvalue weighted by molar-refractivity contribution is 0.412. The van der Waals surface area contributed by atoms with Gasteiger partial charge in [-0.3, -0.25) is 9.20 Å². The Balaban J connectivity index is 1.67. The Morgan fingerprint density at radius 3 is 2.76 bits per heavy atom. The highest BCUT2D eigenvalue weighted by Crippen LogP contribution is 2.28. The first-order chi connectivity index (χ1) is 16.6. The quantitative estimate of drug-likeness (QED) is 0.314. The fraction of sp³-hybridized carbons (Fsp3) is 0.304. The van der Waals surface area contributed by atoms with Crippen LogP contribution in [0.3, 0.4) is 0 Å². The second-order valence-corrected chi connectivity index (χ2v) is 8.85. The molecule has 3 aromatic heterocycles. The van der Waals surface area contributed by atoms with E-state index in [2.05, 4.69) is 32.6 Å². The summed E-state index contributed by atoms with van der Waals surface area (Å²) in [5.41, 5.74) is 2.18. The molecule has 0 aliphatic heterocycles. The van der Waals surface area contributed by atoms with Crippen molar-refractivity contribution in [3.63, 3.8) is 0 Å². The van der Waals surface area contributed by atoms with Crippen LogP contribution in [0, 0.1) is 6.92 Å². The average molecular weight is 477 g/mol. The van der Waals surface area contributed by atoms with Gasteiger partial charge in [-0.1, -0.05) is 43.3 Å². The van der Waals surface area contributed by atoms with Gasteiger partial charge in [0.15, 0.2) is 11.0 Å². The number of thioether (sulfide) groups is 1. The number of rotatable bonds is 8. The van der Waals surface area contributed by atoms with Crippen molar-refractivity contribution >= 4 is 28.4 Å². The molecule has 0 bridgehead atoms. The molecule has 34 heavy (non-hydrogen) atoms. The summed E-state index contributed by atoms with van der Waals surface area (Å²) >= 11 is 1.48. The van der Waals surface area contributed by atoms with E-state index >= 15 is 0 Å². The van der Waals surface area contributed by atoms with E-state index < -0.39 is 0 Å². The minimum Gasteiger partial charge on any atom is -0.495 e. The minimum atomic E-state index is -0.181. The van der Waals surface area contributed by atoms with Gasteiger partial charge in [0.05, 0.1) is 29.5 Å². The van der Waals surface area contributed by atoms with Crippen LogP contribution in [0.25, 0.3) is 22.4 Å². The molecule has 174 valence electrons. The molecule has 0 atom stereocenters. The van der Waals surface area contributed by atoms with Gasteiger partial charge in [-0.25, -0.2) is 9.25 Å². The van der Waals surface area contributed by atoms with E-state index in [9.17, 15) is 4.79 Å². The van der Waals surface area contributed by atoms with Gasteiger partial charge in [0.25, 0.3) is 5.56 Å². The van der Waals surface area contributed by atoms with E-state index in [0.717, 1.165) is 36.3 Å². The maximum Gasteiger partial charge on any atom is 0.267 e. The summed E-state index contributed by atoms with van der Waals surface area (Å²) in [6.45, 7) is 4.88. The summed E-state index contributed by atoms with van der Waals surface area (Å²) in [7, 11) is 1.59. The Morgan fingerprint density at radius 1 is 1.09 bits per heavy atom. The first-order valence-electron chi connectivity index (χ1n) is 11.0. The van der Waals surface area contributed by atoms with Crippen LogP contribution in [0.4, 0.5) is 0 Å². The second-order valence-electron chi connectivity index (χ2n) is 7.91. The highest BCUT2D eigenvalue weighted by atomic mass is 32.2. The van der Waals surface area contributed by atoms with Crippen molar-refractivity contribution in [2.24, 2.45) is 0 Å². The van der Waals surface area contributed by atoms with Crippen molar-refractivity contribution in [2.75, 3.05) is 7.11 Å². The summed E-state index contributed by atoms with van der Waals surface area (Å²) in [6, 6.07) is 13.2. The zero-order valence-electron chi connectivity index (χ0n) is 19.2. The molecule has 0 unspecified atom stereocenters.